The highest BCUT2D eigenvalue weighted by molar-refractivity contribution is 7.80. The number of likely N-dealkylation sites (tertiary alicyclic amines) is 1. The van der Waals surface area contributed by atoms with Crippen LogP contribution in [0.3, 0.4) is 0 Å². The van der Waals surface area contributed by atoms with Gasteiger partial charge in [-0.3, -0.25) is 0 Å². The number of aliphatic hydroxyl groups is 1. The molecule has 2 nitrogen and oxygen atoms in total. The van der Waals surface area contributed by atoms with Gasteiger partial charge in [0.15, 0.2) is 0 Å². The van der Waals surface area contributed by atoms with E-state index in [1.54, 1.807) is 0 Å². The van der Waals surface area contributed by atoms with Crippen LogP contribution >= 0.6 is 12.6 Å². The third-order valence-corrected chi connectivity index (χ3v) is 3.66. The van der Waals surface area contributed by atoms with Gasteiger partial charge in [0.25, 0.3) is 0 Å². The Labute approximate surface area is 93.1 Å². The molecule has 0 aromatic heterocycles. The predicted octanol–water partition coefficient (Wildman–Crippen LogP) is 1.79. The van der Waals surface area contributed by atoms with Crippen molar-refractivity contribution in [1.82, 2.24) is 4.90 Å². The lowest BCUT2D eigenvalue weighted by atomic mass is 9.98. The summed E-state index contributed by atoms with van der Waals surface area (Å²) in [4.78, 5) is 2.46. The Bertz CT molecular complexity index is 173. The minimum absolute atomic E-state index is 0.432. The maximum absolute atomic E-state index is 9.92. The molecule has 2 atom stereocenters. The summed E-state index contributed by atoms with van der Waals surface area (Å²) in [5.74, 6) is 1.61. The van der Waals surface area contributed by atoms with Crippen LogP contribution in [0, 0.1) is 5.92 Å². The van der Waals surface area contributed by atoms with Gasteiger partial charge in [0.05, 0.1) is 5.60 Å². The van der Waals surface area contributed by atoms with E-state index < -0.39 is 5.60 Å². The van der Waals surface area contributed by atoms with Gasteiger partial charge in [-0.05, 0) is 44.4 Å². The Balaban J connectivity index is 2.35. The quantitative estimate of drug-likeness (QED) is 0.704. The van der Waals surface area contributed by atoms with Gasteiger partial charge in [0, 0.05) is 13.1 Å². The third kappa shape index (κ3) is 4.20. The van der Waals surface area contributed by atoms with Crippen molar-refractivity contribution >= 4 is 12.6 Å². The Morgan fingerprint density at radius 3 is 2.79 bits per heavy atom. The fraction of sp³-hybridized carbons (Fsp3) is 1.00. The Hall–Kier alpha value is 0.270. The molecule has 0 aromatic rings. The molecule has 1 N–H and O–H groups in total. The molecule has 1 aliphatic rings. The van der Waals surface area contributed by atoms with E-state index in [-0.39, 0.29) is 0 Å². The van der Waals surface area contributed by atoms with Crippen LogP contribution in [0.5, 0.6) is 0 Å². The van der Waals surface area contributed by atoms with Gasteiger partial charge in [0.1, 0.15) is 0 Å². The van der Waals surface area contributed by atoms with E-state index in [0.29, 0.717) is 5.92 Å². The largest absolute Gasteiger partial charge is 0.390 e. The Kier molecular flexibility index (Phi) is 4.74. The smallest absolute Gasteiger partial charge is 0.0632 e. The summed E-state index contributed by atoms with van der Waals surface area (Å²) < 4.78 is 0. The van der Waals surface area contributed by atoms with Crippen molar-refractivity contribution in [2.75, 3.05) is 25.4 Å². The monoisotopic (exact) mass is 217 g/mol. The lowest BCUT2D eigenvalue weighted by Gasteiger charge is -2.24. The maximum Gasteiger partial charge on any atom is 0.0632 e. The van der Waals surface area contributed by atoms with E-state index in [1.807, 2.05) is 6.92 Å². The molecule has 0 amide bonds. The van der Waals surface area contributed by atoms with Crippen LogP contribution in [-0.2, 0) is 0 Å². The predicted molar refractivity (Wildman–Crippen MR) is 63.9 cm³/mol. The number of hydrogen-bond acceptors (Lipinski definition) is 3. The maximum atomic E-state index is 9.92. The first-order chi connectivity index (χ1) is 6.53. The first kappa shape index (κ1) is 12.3. The van der Waals surface area contributed by atoms with Crippen molar-refractivity contribution in [1.29, 1.82) is 0 Å². The average molecular weight is 217 g/mol. The Morgan fingerprint density at radius 2 is 2.14 bits per heavy atom. The normalized spacial score (nSPS) is 32.6. The molecule has 0 bridgehead atoms. The van der Waals surface area contributed by atoms with Gasteiger partial charge >= 0.3 is 0 Å². The zero-order valence-corrected chi connectivity index (χ0v) is 10.3. The van der Waals surface area contributed by atoms with Crippen LogP contribution in [0.1, 0.15) is 33.1 Å². The van der Waals surface area contributed by atoms with E-state index in [1.165, 1.54) is 0 Å². The van der Waals surface area contributed by atoms with E-state index in [9.17, 15) is 5.11 Å². The van der Waals surface area contributed by atoms with Gasteiger partial charge in [-0.1, -0.05) is 6.92 Å². The van der Waals surface area contributed by atoms with Gasteiger partial charge in [0.2, 0.25) is 0 Å². The summed E-state index contributed by atoms with van der Waals surface area (Å²) in [7, 11) is 0. The van der Waals surface area contributed by atoms with E-state index in [2.05, 4.69) is 24.5 Å². The summed E-state index contributed by atoms with van der Waals surface area (Å²) in [6.07, 6.45) is 2.97. The summed E-state index contributed by atoms with van der Waals surface area (Å²) in [6.45, 7) is 7.48. The highest BCUT2D eigenvalue weighted by atomic mass is 32.1. The first-order valence-electron chi connectivity index (χ1n) is 5.59. The molecule has 0 aromatic carbocycles. The van der Waals surface area contributed by atoms with Gasteiger partial charge in [-0.2, -0.15) is 12.6 Å². The molecule has 1 aliphatic heterocycles. The number of nitrogens with zero attached hydrogens (tertiary/aromatic N) is 1. The molecule has 1 heterocycles. The summed E-state index contributed by atoms with van der Waals surface area (Å²) in [5, 5.41) is 9.92. The van der Waals surface area contributed by atoms with Crippen LogP contribution in [0.4, 0.5) is 0 Å². The second kappa shape index (κ2) is 5.38. The van der Waals surface area contributed by atoms with Crippen LogP contribution in [-0.4, -0.2) is 41.0 Å². The molecule has 3 heteroatoms. The summed E-state index contributed by atoms with van der Waals surface area (Å²) in [5.41, 5.74) is -0.432. The van der Waals surface area contributed by atoms with Crippen molar-refractivity contribution in [2.24, 2.45) is 5.92 Å². The minimum Gasteiger partial charge on any atom is -0.390 e. The Morgan fingerprint density at radius 1 is 1.43 bits per heavy atom. The zero-order valence-electron chi connectivity index (χ0n) is 9.37. The van der Waals surface area contributed by atoms with E-state index in [0.717, 1.165) is 44.6 Å². The highest BCUT2D eigenvalue weighted by Gasteiger charge is 2.25. The molecule has 1 fully saturated rings. The standard InChI is InChI=1S/C11H23NOS/c1-10(9-14)8-12-6-3-4-11(2,13)5-7-12/h10,13-14H,3-9H2,1-2H3. The van der Waals surface area contributed by atoms with Crippen molar-refractivity contribution < 1.29 is 5.11 Å². The van der Waals surface area contributed by atoms with Crippen LogP contribution in [0.15, 0.2) is 0 Å². The van der Waals surface area contributed by atoms with Gasteiger partial charge in [-0.15, -0.1) is 0 Å². The van der Waals surface area contributed by atoms with E-state index >= 15 is 0 Å². The van der Waals surface area contributed by atoms with Crippen molar-refractivity contribution in [3.8, 4) is 0 Å². The molecule has 2 unspecified atom stereocenters. The fourth-order valence-corrected chi connectivity index (χ4v) is 2.12. The second-order valence-electron chi connectivity index (χ2n) is 4.94. The molecule has 1 saturated heterocycles. The zero-order chi connectivity index (χ0) is 10.6. The fourth-order valence-electron chi connectivity index (χ4n) is 2.00. The molecule has 0 radical (unpaired) electrons. The van der Waals surface area contributed by atoms with Crippen LogP contribution < -0.4 is 0 Å². The molecule has 0 aliphatic carbocycles. The molecule has 0 saturated carbocycles. The number of hydrogen-bond donors (Lipinski definition) is 2. The van der Waals surface area contributed by atoms with Gasteiger partial charge in [-0.25, -0.2) is 0 Å². The highest BCUT2D eigenvalue weighted by Crippen LogP contribution is 2.21. The summed E-state index contributed by atoms with van der Waals surface area (Å²) >= 11 is 4.30. The van der Waals surface area contributed by atoms with Crippen molar-refractivity contribution in [2.45, 2.75) is 38.7 Å². The van der Waals surface area contributed by atoms with Crippen LogP contribution in [0.2, 0.25) is 0 Å². The molecular weight excluding hydrogens is 194 g/mol. The number of rotatable bonds is 3. The van der Waals surface area contributed by atoms with Crippen LogP contribution in [0.25, 0.3) is 0 Å². The molecule has 14 heavy (non-hydrogen) atoms. The van der Waals surface area contributed by atoms with Crippen molar-refractivity contribution in [3.63, 3.8) is 0 Å². The van der Waals surface area contributed by atoms with Gasteiger partial charge < -0.3 is 10.0 Å². The van der Waals surface area contributed by atoms with Crippen molar-refractivity contribution in [3.05, 3.63) is 0 Å². The lowest BCUT2D eigenvalue weighted by molar-refractivity contribution is 0.0443. The molecular formula is C11H23NOS. The summed E-state index contributed by atoms with van der Waals surface area (Å²) in [6, 6.07) is 0. The average Bonchev–Trinajstić information content (AvgIpc) is 2.28. The topological polar surface area (TPSA) is 23.5 Å². The first-order valence-corrected chi connectivity index (χ1v) is 6.22. The molecule has 0 spiro atoms. The third-order valence-electron chi connectivity index (χ3n) is 3.04. The minimum atomic E-state index is -0.432. The molecule has 1 rings (SSSR count). The SMILES string of the molecule is CC(CS)CN1CCCC(C)(O)CC1. The number of thiol groups is 1. The van der Waals surface area contributed by atoms with E-state index in [4.69, 9.17) is 0 Å². The second-order valence-corrected chi connectivity index (χ2v) is 5.30. The lowest BCUT2D eigenvalue weighted by Crippen LogP contribution is -2.32. The molecule has 84 valence electrons.